The molecule has 0 aliphatic carbocycles. The fourth-order valence-electron chi connectivity index (χ4n) is 2.40. The van der Waals surface area contributed by atoms with Gasteiger partial charge in [0.1, 0.15) is 17.2 Å². The normalized spacial score (nSPS) is 10.2. The molecule has 0 aliphatic rings. The molecule has 0 saturated heterocycles. The van der Waals surface area contributed by atoms with Crippen molar-refractivity contribution in [3.8, 4) is 0 Å². The number of anilines is 2. The van der Waals surface area contributed by atoms with E-state index < -0.39 is 17.6 Å². The number of ketones is 1. The van der Waals surface area contributed by atoms with Gasteiger partial charge in [-0.25, -0.2) is 9.37 Å². The molecule has 0 fully saturated rings. The lowest BCUT2D eigenvalue weighted by atomic mass is 10.1. The second-order valence-electron chi connectivity index (χ2n) is 5.96. The number of amides is 2. The van der Waals surface area contributed by atoms with Gasteiger partial charge >= 0.3 is 0 Å². The van der Waals surface area contributed by atoms with E-state index in [1.165, 1.54) is 43.3 Å². The molecule has 1 aromatic heterocycles. The highest BCUT2D eigenvalue weighted by atomic mass is 19.1. The van der Waals surface area contributed by atoms with E-state index in [1.54, 1.807) is 30.3 Å². The van der Waals surface area contributed by atoms with E-state index in [9.17, 15) is 18.8 Å². The van der Waals surface area contributed by atoms with Crippen LogP contribution in [0.15, 0.2) is 66.7 Å². The molecular formula is C21H16FN3O3. The molecule has 0 saturated carbocycles. The minimum absolute atomic E-state index is 0.0453. The summed E-state index contributed by atoms with van der Waals surface area (Å²) in [7, 11) is 0. The van der Waals surface area contributed by atoms with E-state index in [2.05, 4.69) is 15.6 Å². The van der Waals surface area contributed by atoms with Gasteiger partial charge in [-0.2, -0.15) is 0 Å². The van der Waals surface area contributed by atoms with Crippen LogP contribution in [0.3, 0.4) is 0 Å². The quantitative estimate of drug-likeness (QED) is 0.660. The highest BCUT2D eigenvalue weighted by Crippen LogP contribution is 2.13. The second kappa shape index (κ2) is 8.22. The molecule has 0 radical (unpaired) electrons. The highest BCUT2D eigenvalue weighted by Gasteiger charge is 2.13. The van der Waals surface area contributed by atoms with Crippen molar-refractivity contribution in [1.29, 1.82) is 0 Å². The van der Waals surface area contributed by atoms with Crippen molar-refractivity contribution in [2.45, 2.75) is 6.92 Å². The molecule has 2 N–H and O–H groups in total. The molecule has 0 unspecified atom stereocenters. The van der Waals surface area contributed by atoms with Gasteiger partial charge in [0.05, 0.1) is 0 Å². The van der Waals surface area contributed by atoms with Crippen molar-refractivity contribution in [3.05, 3.63) is 89.5 Å². The monoisotopic (exact) mass is 377 g/mol. The Hall–Kier alpha value is -3.87. The van der Waals surface area contributed by atoms with Crippen LogP contribution in [0.4, 0.5) is 15.8 Å². The van der Waals surface area contributed by atoms with E-state index >= 15 is 0 Å². The Morgan fingerprint density at radius 1 is 0.750 bits per heavy atom. The third-order valence-electron chi connectivity index (χ3n) is 3.87. The van der Waals surface area contributed by atoms with Crippen molar-refractivity contribution in [1.82, 2.24) is 4.98 Å². The van der Waals surface area contributed by atoms with Crippen LogP contribution in [-0.4, -0.2) is 22.6 Å². The highest BCUT2D eigenvalue weighted by molar-refractivity contribution is 6.06. The predicted octanol–water partition coefficient (Wildman–Crippen LogP) is 3.93. The van der Waals surface area contributed by atoms with Crippen LogP contribution >= 0.6 is 0 Å². The molecule has 7 heteroatoms. The summed E-state index contributed by atoms with van der Waals surface area (Å²) in [6.45, 7) is 1.46. The average Bonchev–Trinajstić information content (AvgIpc) is 2.70. The Balaban J connectivity index is 1.71. The van der Waals surface area contributed by atoms with Crippen LogP contribution in [0.1, 0.15) is 38.3 Å². The summed E-state index contributed by atoms with van der Waals surface area (Å²) in [4.78, 5) is 40.1. The Bertz CT molecular complexity index is 1030. The first kappa shape index (κ1) is 18.9. The molecule has 3 rings (SSSR count). The zero-order chi connectivity index (χ0) is 20.1. The standard InChI is InChI=1S/C21H16FN3O3/c1-13(26)14-5-9-16(10-6-14)23-20(27)18-3-2-4-19(25-18)21(28)24-17-11-7-15(22)8-12-17/h2-12H,1H3,(H,23,27)(H,24,28). The van der Waals surface area contributed by atoms with Gasteiger partial charge in [0.25, 0.3) is 11.8 Å². The summed E-state index contributed by atoms with van der Waals surface area (Å²) in [6.07, 6.45) is 0. The van der Waals surface area contributed by atoms with Crippen molar-refractivity contribution < 1.29 is 18.8 Å². The molecule has 140 valence electrons. The Labute approximate surface area is 160 Å². The van der Waals surface area contributed by atoms with Crippen LogP contribution < -0.4 is 10.6 Å². The number of hydrogen-bond acceptors (Lipinski definition) is 4. The molecule has 0 atom stereocenters. The first-order chi connectivity index (χ1) is 13.4. The first-order valence-corrected chi connectivity index (χ1v) is 8.39. The van der Waals surface area contributed by atoms with E-state index in [0.717, 1.165) is 0 Å². The van der Waals surface area contributed by atoms with Crippen LogP contribution in [-0.2, 0) is 0 Å². The van der Waals surface area contributed by atoms with E-state index in [4.69, 9.17) is 0 Å². The fourth-order valence-corrected chi connectivity index (χ4v) is 2.40. The number of hydrogen-bond donors (Lipinski definition) is 2. The molecule has 28 heavy (non-hydrogen) atoms. The van der Waals surface area contributed by atoms with Crippen LogP contribution in [0, 0.1) is 5.82 Å². The third-order valence-corrected chi connectivity index (χ3v) is 3.87. The van der Waals surface area contributed by atoms with E-state index in [0.29, 0.717) is 16.9 Å². The lowest BCUT2D eigenvalue weighted by Gasteiger charge is -2.08. The molecule has 1 heterocycles. The molecule has 0 aliphatic heterocycles. The number of carbonyl (C=O) groups excluding carboxylic acids is 3. The van der Waals surface area contributed by atoms with Gasteiger partial charge in [-0.3, -0.25) is 14.4 Å². The molecule has 0 spiro atoms. The van der Waals surface area contributed by atoms with Gasteiger partial charge in [-0.1, -0.05) is 6.07 Å². The van der Waals surface area contributed by atoms with Crippen LogP contribution in [0.2, 0.25) is 0 Å². The topological polar surface area (TPSA) is 88.2 Å². The fraction of sp³-hybridized carbons (Fsp3) is 0.0476. The maximum Gasteiger partial charge on any atom is 0.274 e. The summed E-state index contributed by atoms with van der Waals surface area (Å²) in [5.74, 6) is -1.50. The van der Waals surface area contributed by atoms with Gasteiger partial charge in [0, 0.05) is 16.9 Å². The number of benzene rings is 2. The number of halogens is 1. The summed E-state index contributed by atoms with van der Waals surface area (Å²) in [6, 6.07) is 16.2. The molecule has 6 nitrogen and oxygen atoms in total. The number of nitrogens with one attached hydrogen (secondary N) is 2. The Morgan fingerprint density at radius 2 is 1.21 bits per heavy atom. The van der Waals surface area contributed by atoms with Crippen molar-refractivity contribution >= 4 is 29.0 Å². The van der Waals surface area contributed by atoms with Crippen molar-refractivity contribution in [2.24, 2.45) is 0 Å². The maximum absolute atomic E-state index is 12.9. The Morgan fingerprint density at radius 3 is 1.68 bits per heavy atom. The van der Waals surface area contributed by atoms with E-state index in [-0.39, 0.29) is 17.2 Å². The van der Waals surface area contributed by atoms with Gasteiger partial charge in [-0.15, -0.1) is 0 Å². The number of carbonyl (C=O) groups is 3. The predicted molar refractivity (Wildman–Crippen MR) is 103 cm³/mol. The lowest BCUT2D eigenvalue weighted by molar-refractivity contribution is 0.100. The first-order valence-electron chi connectivity index (χ1n) is 8.39. The smallest absolute Gasteiger partial charge is 0.274 e. The van der Waals surface area contributed by atoms with Crippen molar-refractivity contribution in [3.63, 3.8) is 0 Å². The van der Waals surface area contributed by atoms with Crippen LogP contribution in [0.5, 0.6) is 0 Å². The van der Waals surface area contributed by atoms with Crippen LogP contribution in [0.25, 0.3) is 0 Å². The number of rotatable bonds is 5. The zero-order valence-electron chi connectivity index (χ0n) is 14.9. The summed E-state index contributed by atoms with van der Waals surface area (Å²) in [5.41, 5.74) is 1.55. The molecular weight excluding hydrogens is 361 g/mol. The number of aromatic nitrogens is 1. The zero-order valence-corrected chi connectivity index (χ0v) is 14.9. The van der Waals surface area contributed by atoms with Gasteiger partial charge in [0.2, 0.25) is 0 Å². The van der Waals surface area contributed by atoms with Gasteiger partial charge in [0.15, 0.2) is 5.78 Å². The largest absolute Gasteiger partial charge is 0.321 e. The second-order valence-corrected chi connectivity index (χ2v) is 5.96. The van der Waals surface area contributed by atoms with Crippen molar-refractivity contribution in [2.75, 3.05) is 10.6 Å². The number of Topliss-reactive ketones (excluding diaryl/α,β-unsaturated/α-hetero) is 1. The average molecular weight is 377 g/mol. The SMILES string of the molecule is CC(=O)c1ccc(NC(=O)c2cccc(C(=O)Nc3ccc(F)cc3)n2)cc1. The number of pyridine rings is 1. The van der Waals surface area contributed by atoms with Gasteiger partial charge in [-0.05, 0) is 67.6 Å². The molecule has 3 aromatic rings. The molecule has 2 aromatic carbocycles. The third kappa shape index (κ3) is 4.64. The van der Waals surface area contributed by atoms with Gasteiger partial charge < -0.3 is 10.6 Å². The lowest BCUT2D eigenvalue weighted by Crippen LogP contribution is -2.18. The summed E-state index contributed by atoms with van der Waals surface area (Å²) >= 11 is 0. The minimum Gasteiger partial charge on any atom is -0.321 e. The summed E-state index contributed by atoms with van der Waals surface area (Å²) in [5, 5.41) is 5.25. The summed E-state index contributed by atoms with van der Waals surface area (Å²) < 4.78 is 12.9. The molecule has 0 bridgehead atoms. The number of nitrogens with zero attached hydrogens (tertiary/aromatic N) is 1. The maximum atomic E-state index is 12.9. The van der Waals surface area contributed by atoms with E-state index in [1.807, 2.05) is 0 Å². The molecule has 2 amide bonds. The minimum atomic E-state index is -0.521. The Kier molecular flexibility index (Phi) is 5.55.